The van der Waals surface area contributed by atoms with Gasteiger partial charge in [0.2, 0.25) is 0 Å². The zero-order chi connectivity index (χ0) is 11.5. The second-order valence-corrected chi connectivity index (χ2v) is 4.03. The van der Waals surface area contributed by atoms with Crippen LogP contribution in [0.5, 0.6) is 0 Å². The minimum absolute atomic E-state index is 0.266. The lowest BCUT2D eigenvalue weighted by Crippen LogP contribution is -2.08. The van der Waals surface area contributed by atoms with Gasteiger partial charge < -0.3 is 0 Å². The van der Waals surface area contributed by atoms with E-state index in [1.165, 1.54) is 6.07 Å². The maximum Gasteiger partial charge on any atom is 0.265 e. The Kier molecular flexibility index (Phi) is 2.84. The van der Waals surface area contributed by atoms with Crippen molar-refractivity contribution in [3.05, 3.63) is 50.7 Å². The summed E-state index contributed by atoms with van der Waals surface area (Å²) < 4.78 is 0.891. The Bertz CT molecular complexity index is 628. The van der Waals surface area contributed by atoms with Gasteiger partial charge in [0.05, 0.1) is 5.56 Å². The average Bonchev–Trinajstić information content (AvgIpc) is 2.28. The molecule has 2 aromatic rings. The summed E-state index contributed by atoms with van der Waals surface area (Å²) in [5.74, 6) is 0. The van der Waals surface area contributed by atoms with E-state index in [4.69, 9.17) is 5.26 Å². The molecule has 0 radical (unpaired) electrons. The van der Waals surface area contributed by atoms with Crippen molar-refractivity contribution in [1.82, 2.24) is 10.2 Å². The minimum atomic E-state index is -0.379. The van der Waals surface area contributed by atoms with Crippen molar-refractivity contribution in [2.75, 3.05) is 0 Å². The Hall–Kier alpha value is -1.93. The Balaban J connectivity index is 2.65. The number of aromatic amines is 1. The fourth-order valence-electron chi connectivity index (χ4n) is 1.34. The summed E-state index contributed by atoms with van der Waals surface area (Å²) in [6, 6.07) is 10.6. The molecule has 0 aliphatic heterocycles. The second kappa shape index (κ2) is 4.29. The van der Waals surface area contributed by atoms with E-state index in [0.29, 0.717) is 5.69 Å². The van der Waals surface area contributed by atoms with Gasteiger partial charge in [0.15, 0.2) is 0 Å². The van der Waals surface area contributed by atoms with Crippen molar-refractivity contribution in [2.45, 2.75) is 0 Å². The second-order valence-electron chi connectivity index (χ2n) is 3.12. The molecule has 4 nitrogen and oxygen atoms in total. The first-order valence-corrected chi connectivity index (χ1v) is 5.26. The molecule has 1 N–H and O–H groups in total. The number of rotatable bonds is 1. The fourth-order valence-corrected chi connectivity index (χ4v) is 1.74. The molecule has 0 amide bonds. The van der Waals surface area contributed by atoms with Crippen LogP contribution in [0, 0.1) is 11.3 Å². The van der Waals surface area contributed by atoms with Crippen LogP contribution in [-0.2, 0) is 0 Å². The fraction of sp³-hybridized carbons (Fsp3) is 0. The van der Waals surface area contributed by atoms with Crippen LogP contribution < -0.4 is 5.56 Å². The van der Waals surface area contributed by atoms with E-state index in [-0.39, 0.29) is 11.1 Å². The first-order valence-electron chi connectivity index (χ1n) is 4.46. The smallest absolute Gasteiger partial charge is 0.265 e. The van der Waals surface area contributed by atoms with Crippen molar-refractivity contribution in [1.29, 1.82) is 5.26 Å². The van der Waals surface area contributed by atoms with Crippen molar-refractivity contribution >= 4 is 15.9 Å². The van der Waals surface area contributed by atoms with Gasteiger partial charge in [-0.05, 0) is 12.1 Å². The molecule has 0 aliphatic carbocycles. The summed E-state index contributed by atoms with van der Waals surface area (Å²) in [5, 5.41) is 15.1. The van der Waals surface area contributed by atoms with Crippen LogP contribution in [0.15, 0.2) is 39.6 Å². The zero-order valence-corrected chi connectivity index (χ0v) is 9.65. The predicted octanol–water partition coefficient (Wildman–Crippen LogP) is 2.07. The number of H-pyrrole nitrogens is 1. The van der Waals surface area contributed by atoms with Gasteiger partial charge in [-0.3, -0.25) is 4.79 Å². The molecule has 0 bridgehead atoms. The van der Waals surface area contributed by atoms with Gasteiger partial charge >= 0.3 is 0 Å². The van der Waals surface area contributed by atoms with Crippen LogP contribution in [0.3, 0.4) is 0 Å². The molecule has 0 unspecified atom stereocenters. The lowest BCUT2D eigenvalue weighted by molar-refractivity contribution is 0.989. The van der Waals surface area contributed by atoms with Gasteiger partial charge in [-0.1, -0.05) is 28.1 Å². The quantitative estimate of drug-likeness (QED) is 0.866. The van der Waals surface area contributed by atoms with Crippen molar-refractivity contribution < 1.29 is 0 Å². The Morgan fingerprint density at radius 2 is 2.19 bits per heavy atom. The summed E-state index contributed by atoms with van der Waals surface area (Å²) in [4.78, 5) is 11.0. The Morgan fingerprint density at radius 3 is 2.88 bits per heavy atom. The van der Waals surface area contributed by atoms with Crippen LogP contribution >= 0.6 is 15.9 Å². The highest BCUT2D eigenvalue weighted by Gasteiger charge is 2.07. The van der Waals surface area contributed by atoms with E-state index < -0.39 is 0 Å². The largest absolute Gasteiger partial charge is 0.268 e. The maximum atomic E-state index is 11.0. The monoisotopic (exact) mass is 275 g/mol. The molecule has 5 heteroatoms. The van der Waals surface area contributed by atoms with E-state index in [2.05, 4.69) is 26.1 Å². The topological polar surface area (TPSA) is 69.5 Å². The van der Waals surface area contributed by atoms with Gasteiger partial charge in [-0.25, -0.2) is 5.10 Å². The molecule has 0 fully saturated rings. The standard InChI is InChI=1S/C11H6BrN3O/c12-9-3-1-2-7(4-9)11-8(6-13)5-10(16)14-15-11/h1-5H,(H,14,16). The van der Waals surface area contributed by atoms with E-state index in [1.807, 2.05) is 30.3 Å². The maximum absolute atomic E-state index is 11.0. The van der Waals surface area contributed by atoms with E-state index in [1.54, 1.807) is 0 Å². The molecule has 1 aromatic carbocycles. The van der Waals surface area contributed by atoms with Crippen LogP contribution in [0.1, 0.15) is 5.56 Å². The van der Waals surface area contributed by atoms with E-state index >= 15 is 0 Å². The van der Waals surface area contributed by atoms with Crippen molar-refractivity contribution in [2.24, 2.45) is 0 Å². The van der Waals surface area contributed by atoms with Gasteiger partial charge in [0, 0.05) is 16.1 Å². The highest BCUT2D eigenvalue weighted by atomic mass is 79.9. The third kappa shape index (κ3) is 2.02. The summed E-state index contributed by atoms with van der Waals surface area (Å²) >= 11 is 3.34. The van der Waals surface area contributed by atoms with Crippen LogP contribution in [0.2, 0.25) is 0 Å². The minimum Gasteiger partial charge on any atom is -0.268 e. The number of hydrogen-bond donors (Lipinski definition) is 1. The molecular weight excluding hydrogens is 270 g/mol. The van der Waals surface area contributed by atoms with Crippen LogP contribution in [-0.4, -0.2) is 10.2 Å². The number of halogens is 1. The summed E-state index contributed by atoms with van der Waals surface area (Å²) in [6.07, 6.45) is 0. The average molecular weight is 276 g/mol. The predicted molar refractivity (Wildman–Crippen MR) is 62.7 cm³/mol. The zero-order valence-electron chi connectivity index (χ0n) is 8.07. The summed E-state index contributed by atoms with van der Waals surface area (Å²) in [5.41, 5.74) is 1.14. The molecule has 1 heterocycles. The lowest BCUT2D eigenvalue weighted by Gasteiger charge is -2.02. The third-order valence-corrected chi connectivity index (χ3v) is 2.52. The highest BCUT2D eigenvalue weighted by Crippen LogP contribution is 2.22. The highest BCUT2D eigenvalue weighted by molar-refractivity contribution is 9.10. The SMILES string of the molecule is N#Cc1cc(=O)[nH]nc1-c1cccc(Br)c1. The molecule has 1 aromatic heterocycles. The molecule has 78 valence electrons. The first-order chi connectivity index (χ1) is 7.70. The first kappa shape index (κ1) is 10.6. The number of aromatic nitrogens is 2. The van der Waals surface area contributed by atoms with Gasteiger partial charge in [-0.15, -0.1) is 0 Å². The van der Waals surface area contributed by atoms with Gasteiger partial charge in [0.1, 0.15) is 11.8 Å². The van der Waals surface area contributed by atoms with Crippen LogP contribution in [0.25, 0.3) is 11.3 Å². The van der Waals surface area contributed by atoms with Gasteiger partial charge in [0.25, 0.3) is 5.56 Å². The van der Waals surface area contributed by atoms with Crippen molar-refractivity contribution in [3.63, 3.8) is 0 Å². The molecule has 2 rings (SSSR count). The Labute approximate surface area is 99.7 Å². The van der Waals surface area contributed by atoms with E-state index in [9.17, 15) is 4.79 Å². The number of hydrogen-bond acceptors (Lipinski definition) is 3. The molecule has 16 heavy (non-hydrogen) atoms. The van der Waals surface area contributed by atoms with E-state index in [0.717, 1.165) is 10.0 Å². The molecular formula is C11H6BrN3O. The molecule has 0 atom stereocenters. The number of nitrogens with one attached hydrogen (secondary N) is 1. The third-order valence-electron chi connectivity index (χ3n) is 2.03. The molecule has 0 spiro atoms. The normalized spacial score (nSPS) is 9.75. The number of nitrogens with zero attached hydrogens (tertiary/aromatic N) is 2. The number of nitriles is 1. The van der Waals surface area contributed by atoms with Crippen molar-refractivity contribution in [3.8, 4) is 17.3 Å². The van der Waals surface area contributed by atoms with Crippen LogP contribution in [0.4, 0.5) is 0 Å². The molecule has 0 saturated carbocycles. The molecule has 0 saturated heterocycles. The summed E-state index contributed by atoms with van der Waals surface area (Å²) in [7, 11) is 0. The lowest BCUT2D eigenvalue weighted by atomic mass is 10.1. The molecule has 0 aliphatic rings. The Morgan fingerprint density at radius 1 is 1.38 bits per heavy atom. The van der Waals surface area contributed by atoms with Gasteiger partial charge in [-0.2, -0.15) is 10.4 Å². The number of benzene rings is 1. The summed E-state index contributed by atoms with van der Waals surface area (Å²) in [6.45, 7) is 0.